The third-order valence-corrected chi connectivity index (χ3v) is 4.39. The minimum Gasteiger partial charge on any atom is -0.388 e. The zero-order chi connectivity index (χ0) is 14.8. The number of aliphatic hydroxyl groups is 1. The summed E-state index contributed by atoms with van der Waals surface area (Å²) in [5, 5.41) is 10.2. The van der Waals surface area contributed by atoms with Crippen LogP contribution >= 0.6 is 0 Å². The number of hydrogen-bond acceptors (Lipinski definition) is 3. The monoisotopic (exact) mass is 285 g/mol. The van der Waals surface area contributed by atoms with Crippen LogP contribution < -0.4 is 0 Å². The lowest BCUT2D eigenvalue weighted by Crippen LogP contribution is -2.29. The Morgan fingerprint density at radius 2 is 1.71 bits per heavy atom. The molecule has 4 heteroatoms. The van der Waals surface area contributed by atoms with Crippen LogP contribution in [-0.2, 0) is 16.1 Å². The van der Waals surface area contributed by atoms with E-state index < -0.39 is 6.10 Å². The number of benzene rings is 1. The summed E-state index contributed by atoms with van der Waals surface area (Å²) >= 11 is 0. The Morgan fingerprint density at radius 3 is 2.24 bits per heavy atom. The van der Waals surface area contributed by atoms with Crippen molar-refractivity contribution in [3.63, 3.8) is 0 Å². The highest BCUT2D eigenvalue weighted by Gasteiger charge is 2.24. The second-order valence-electron chi connectivity index (χ2n) is 5.89. The maximum absolute atomic E-state index is 11.5. The third-order valence-electron chi connectivity index (χ3n) is 4.39. The Morgan fingerprint density at radius 1 is 1.10 bits per heavy atom. The van der Waals surface area contributed by atoms with Crippen molar-refractivity contribution in [2.45, 2.75) is 38.3 Å². The lowest BCUT2D eigenvalue weighted by molar-refractivity contribution is -0.137. The normalized spacial score (nSPS) is 20.0. The van der Waals surface area contributed by atoms with E-state index in [-0.39, 0.29) is 18.4 Å². The van der Waals surface area contributed by atoms with Gasteiger partial charge in [0.2, 0.25) is 0 Å². The van der Waals surface area contributed by atoms with Gasteiger partial charge in [-0.05, 0) is 23.5 Å². The van der Waals surface area contributed by atoms with Gasteiger partial charge >= 0.3 is 0 Å². The van der Waals surface area contributed by atoms with Gasteiger partial charge in [0.25, 0.3) is 11.8 Å². The molecule has 1 aromatic rings. The number of carbonyl (C=O) groups excluding carboxylic acids is 2. The molecular formula is C17H19NO3. The van der Waals surface area contributed by atoms with E-state index in [4.69, 9.17) is 0 Å². The van der Waals surface area contributed by atoms with Crippen LogP contribution in [0.25, 0.3) is 0 Å². The first-order valence-corrected chi connectivity index (χ1v) is 7.44. The van der Waals surface area contributed by atoms with Crippen LogP contribution in [-0.4, -0.2) is 21.8 Å². The van der Waals surface area contributed by atoms with Crippen LogP contribution in [0, 0.1) is 5.92 Å². The van der Waals surface area contributed by atoms with E-state index in [1.807, 2.05) is 24.3 Å². The highest BCUT2D eigenvalue weighted by molar-refractivity contribution is 6.12. The summed E-state index contributed by atoms with van der Waals surface area (Å²) in [4.78, 5) is 24.2. The van der Waals surface area contributed by atoms with E-state index >= 15 is 0 Å². The predicted molar refractivity (Wildman–Crippen MR) is 78.1 cm³/mol. The minimum atomic E-state index is -0.416. The van der Waals surface area contributed by atoms with Crippen molar-refractivity contribution in [2.24, 2.45) is 5.92 Å². The van der Waals surface area contributed by atoms with E-state index in [1.54, 1.807) is 0 Å². The fraction of sp³-hybridized carbons (Fsp3) is 0.412. The lowest BCUT2D eigenvalue weighted by Gasteiger charge is -2.27. The van der Waals surface area contributed by atoms with Crippen molar-refractivity contribution >= 4 is 11.8 Å². The highest BCUT2D eigenvalue weighted by Crippen LogP contribution is 2.34. The molecule has 1 heterocycles. The smallest absolute Gasteiger partial charge is 0.253 e. The fourth-order valence-electron chi connectivity index (χ4n) is 2.80. The third kappa shape index (κ3) is 3.05. The Bertz CT molecular complexity index is 554. The SMILES string of the molecule is O=C1C=CC(=O)N1Cc1ccc(C(O)CC2CCC2)cc1. The van der Waals surface area contributed by atoms with Crippen molar-refractivity contribution in [1.82, 2.24) is 4.90 Å². The van der Waals surface area contributed by atoms with Gasteiger partial charge in [-0.3, -0.25) is 14.5 Å². The van der Waals surface area contributed by atoms with Gasteiger partial charge in [-0.1, -0.05) is 43.5 Å². The number of hydrogen-bond donors (Lipinski definition) is 1. The molecule has 3 rings (SSSR count). The van der Waals surface area contributed by atoms with Gasteiger partial charge in [0, 0.05) is 12.2 Å². The van der Waals surface area contributed by atoms with Gasteiger partial charge < -0.3 is 5.11 Å². The maximum atomic E-state index is 11.5. The lowest BCUT2D eigenvalue weighted by atomic mass is 9.80. The van der Waals surface area contributed by atoms with Gasteiger partial charge in [-0.2, -0.15) is 0 Å². The second-order valence-corrected chi connectivity index (χ2v) is 5.89. The zero-order valence-electron chi connectivity index (χ0n) is 11.9. The number of carbonyl (C=O) groups is 2. The van der Waals surface area contributed by atoms with E-state index in [1.165, 1.54) is 36.3 Å². The first kappa shape index (κ1) is 14.0. The largest absolute Gasteiger partial charge is 0.388 e. The number of nitrogens with zero attached hydrogens (tertiary/aromatic N) is 1. The molecule has 1 aromatic carbocycles. The maximum Gasteiger partial charge on any atom is 0.253 e. The van der Waals surface area contributed by atoms with Crippen LogP contribution in [0.4, 0.5) is 0 Å². The van der Waals surface area contributed by atoms with Gasteiger partial charge in [0.05, 0.1) is 12.6 Å². The second kappa shape index (κ2) is 5.82. The molecule has 1 atom stereocenters. The molecule has 4 nitrogen and oxygen atoms in total. The molecule has 1 aliphatic carbocycles. The van der Waals surface area contributed by atoms with Crippen LogP contribution in [0.1, 0.15) is 42.9 Å². The molecule has 1 N–H and O–H groups in total. The molecule has 2 aliphatic rings. The molecule has 110 valence electrons. The van der Waals surface area contributed by atoms with E-state index in [0.717, 1.165) is 17.5 Å². The van der Waals surface area contributed by atoms with Gasteiger partial charge in [-0.15, -0.1) is 0 Å². The van der Waals surface area contributed by atoms with Crippen molar-refractivity contribution in [2.75, 3.05) is 0 Å². The fourth-order valence-corrected chi connectivity index (χ4v) is 2.80. The zero-order valence-corrected chi connectivity index (χ0v) is 11.9. The first-order valence-electron chi connectivity index (χ1n) is 7.44. The van der Waals surface area contributed by atoms with Gasteiger partial charge in [0.1, 0.15) is 0 Å². The molecule has 0 aromatic heterocycles. The molecule has 0 radical (unpaired) electrons. The Labute approximate surface area is 124 Å². The standard InChI is InChI=1S/C17H19NO3/c19-15(10-12-2-1-3-12)14-6-4-13(5-7-14)11-18-16(20)8-9-17(18)21/h4-9,12,15,19H,1-3,10-11H2. The number of aliphatic hydroxyl groups excluding tert-OH is 1. The molecule has 1 aliphatic heterocycles. The van der Waals surface area contributed by atoms with Crippen molar-refractivity contribution in [3.8, 4) is 0 Å². The molecule has 2 amide bonds. The molecule has 0 bridgehead atoms. The highest BCUT2D eigenvalue weighted by atomic mass is 16.3. The number of amides is 2. The van der Waals surface area contributed by atoms with Gasteiger partial charge in [-0.25, -0.2) is 0 Å². The molecule has 1 unspecified atom stereocenters. The van der Waals surface area contributed by atoms with E-state index in [0.29, 0.717) is 5.92 Å². The summed E-state index contributed by atoms with van der Waals surface area (Å²) in [6.45, 7) is 0.281. The number of rotatable bonds is 5. The summed E-state index contributed by atoms with van der Waals surface area (Å²) in [7, 11) is 0. The van der Waals surface area contributed by atoms with Crippen molar-refractivity contribution in [3.05, 3.63) is 47.5 Å². The van der Waals surface area contributed by atoms with E-state index in [9.17, 15) is 14.7 Å². The molecule has 1 fully saturated rings. The summed E-state index contributed by atoms with van der Waals surface area (Å²) in [6, 6.07) is 7.52. The van der Waals surface area contributed by atoms with Crippen LogP contribution in [0.5, 0.6) is 0 Å². The summed E-state index contributed by atoms with van der Waals surface area (Å²) < 4.78 is 0. The Balaban J connectivity index is 1.61. The summed E-state index contributed by atoms with van der Waals surface area (Å²) in [5.74, 6) is 0.119. The average molecular weight is 285 g/mol. The van der Waals surface area contributed by atoms with Crippen molar-refractivity contribution < 1.29 is 14.7 Å². The van der Waals surface area contributed by atoms with Gasteiger partial charge in [0.15, 0.2) is 0 Å². The quantitative estimate of drug-likeness (QED) is 0.845. The molecule has 0 spiro atoms. The molecule has 21 heavy (non-hydrogen) atoms. The van der Waals surface area contributed by atoms with Crippen LogP contribution in [0.2, 0.25) is 0 Å². The number of imide groups is 1. The molecular weight excluding hydrogens is 266 g/mol. The van der Waals surface area contributed by atoms with Crippen LogP contribution in [0.15, 0.2) is 36.4 Å². The Hall–Kier alpha value is -1.94. The van der Waals surface area contributed by atoms with E-state index in [2.05, 4.69) is 0 Å². The minimum absolute atomic E-state index is 0.269. The topological polar surface area (TPSA) is 57.6 Å². The summed E-state index contributed by atoms with van der Waals surface area (Å²) in [5.41, 5.74) is 1.79. The Kier molecular flexibility index (Phi) is 3.88. The first-order chi connectivity index (χ1) is 10.1. The molecule has 0 saturated heterocycles. The molecule has 1 saturated carbocycles. The van der Waals surface area contributed by atoms with Crippen molar-refractivity contribution in [1.29, 1.82) is 0 Å². The average Bonchev–Trinajstić information content (AvgIpc) is 2.75. The van der Waals surface area contributed by atoms with Crippen LogP contribution in [0.3, 0.4) is 0 Å². The summed E-state index contributed by atoms with van der Waals surface area (Å²) in [6.07, 6.45) is 6.72. The predicted octanol–water partition coefficient (Wildman–Crippen LogP) is 2.34.